The molecule has 6 nitrogen and oxygen atoms in total. The number of ether oxygens (including phenoxy) is 2. The summed E-state index contributed by atoms with van der Waals surface area (Å²) in [5.41, 5.74) is 3.61. The molecule has 0 aliphatic carbocycles. The number of hydrazone groups is 1. The summed E-state index contributed by atoms with van der Waals surface area (Å²) in [4.78, 5) is 15.4. The van der Waals surface area contributed by atoms with Crippen molar-refractivity contribution in [2.24, 2.45) is 5.10 Å². The Morgan fingerprint density at radius 3 is 2.28 bits per heavy atom. The van der Waals surface area contributed by atoms with E-state index in [0.717, 1.165) is 34.0 Å². The molecule has 0 saturated carbocycles. The Morgan fingerprint density at radius 1 is 0.938 bits per heavy atom. The van der Waals surface area contributed by atoms with Gasteiger partial charge in [0.2, 0.25) is 0 Å². The third-order valence-corrected chi connectivity index (χ3v) is 5.65. The van der Waals surface area contributed by atoms with Crippen molar-refractivity contribution in [1.82, 2.24) is 5.01 Å². The second-order valence-electron chi connectivity index (χ2n) is 7.64. The lowest BCUT2D eigenvalue weighted by Gasteiger charge is -2.26. The molecule has 1 heterocycles. The smallest absolute Gasteiger partial charge is 0.262 e. The molecule has 6 heteroatoms. The molecule has 3 aromatic rings. The first-order chi connectivity index (χ1) is 15.6. The van der Waals surface area contributed by atoms with Gasteiger partial charge in [0.25, 0.3) is 5.91 Å². The number of benzene rings is 3. The maximum atomic E-state index is 13.4. The van der Waals surface area contributed by atoms with Crippen molar-refractivity contribution in [3.05, 3.63) is 90.0 Å². The van der Waals surface area contributed by atoms with Gasteiger partial charge >= 0.3 is 0 Å². The standard InChI is InChI=1S/C26H27N3O3/c1-28(19-11-5-4-6-12-19)18-26(30)29-23(21-14-8-10-16-25(21)32-3)17-22(27-29)20-13-7-9-15-24(20)31-2/h4-16,23H,17-18H2,1-3H3. The fourth-order valence-corrected chi connectivity index (χ4v) is 4.02. The van der Waals surface area contributed by atoms with Crippen molar-refractivity contribution in [2.75, 3.05) is 32.7 Å². The second kappa shape index (κ2) is 9.56. The zero-order chi connectivity index (χ0) is 22.5. The molecular weight excluding hydrogens is 402 g/mol. The molecule has 0 saturated heterocycles. The van der Waals surface area contributed by atoms with Gasteiger partial charge in [-0.1, -0.05) is 48.5 Å². The van der Waals surface area contributed by atoms with Gasteiger partial charge in [0, 0.05) is 30.3 Å². The van der Waals surface area contributed by atoms with Crippen LogP contribution < -0.4 is 14.4 Å². The molecule has 0 aromatic heterocycles. The number of carbonyl (C=O) groups excluding carboxylic acids is 1. The van der Waals surface area contributed by atoms with Gasteiger partial charge in [-0.3, -0.25) is 4.79 Å². The zero-order valence-corrected chi connectivity index (χ0v) is 18.6. The van der Waals surface area contributed by atoms with E-state index in [9.17, 15) is 4.79 Å². The molecule has 0 N–H and O–H groups in total. The van der Waals surface area contributed by atoms with Crippen molar-refractivity contribution in [1.29, 1.82) is 0 Å². The monoisotopic (exact) mass is 429 g/mol. The molecule has 0 radical (unpaired) electrons. The summed E-state index contributed by atoms with van der Waals surface area (Å²) in [5.74, 6) is 1.39. The van der Waals surface area contributed by atoms with Gasteiger partial charge < -0.3 is 14.4 Å². The number of nitrogens with zero attached hydrogens (tertiary/aromatic N) is 3. The minimum atomic E-state index is -0.261. The molecule has 164 valence electrons. The highest BCUT2D eigenvalue weighted by molar-refractivity contribution is 6.05. The summed E-state index contributed by atoms with van der Waals surface area (Å²) in [7, 11) is 5.20. The summed E-state index contributed by atoms with van der Waals surface area (Å²) in [5, 5.41) is 6.38. The van der Waals surface area contributed by atoms with Crippen molar-refractivity contribution in [3.8, 4) is 11.5 Å². The van der Waals surface area contributed by atoms with Crippen LogP contribution in [0, 0.1) is 0 Å². The van der Waals surface area contributed by atoms with Crippen LogP contribution >= 0.6 is 0 Å². The van der Waals surface area contributed by atoms with Crippen molar-refractivity contribution >= 4 is 17.3 Å². The van der Waals surface area contributed by atoms with E-state index in [1.807, 2.05) is 90.8 Å². The molecule has 1 aliphatic heterocycles. The maximum Gasteiger partial charge on any atom is 0.262 e. The number of para-hydroxylation sites is 3. The Labute approximate surface area is 188 Å². The first kappa shape index (κ1) is 21.4. The van der Waals surface area contributed by atoms with Crippen LogP contribution in [0.2, 0.25) is 0 Å². The van der Waals surface area contributed by atoms with Crippen LogP contribution in [-0.2, 0) is 4.79 Å². The second-order valence-corrected chi connectivity index (χ2v) is 7.64. The average Bonchev–Trinajstić information content (AvgIpc) is 3.29. The Morgan fingerprint density at radius 2 is 1.56 bits per heavy atom. The maximum absolute atomic E-state index is 13.4. The molecule has 3 aromatic carbocycles. The molecule has 0 fully saturated rings. The van der Waals surface area contributed by atoms with Crippen molar-refractivity contribution < 1.29 is 14.3 Å². The van der Waals surface area contributed by atoms with E-state index >= 15 is 0 Å². The highest BCUT2D eigenvalue weighted by Gasteiger charge is 2.35. The molecule has 1 aliphatic rings. The number of likely N-dealkylation sites (N-methyl/N-ethyl adjacent to an activating group) is 1. The summed E-state index contributed by atoms with van der Waals surface area (Å²) in [6, 6.07) is 25.1. The van der Waals surface area contributed by atoms with E-state index in [1.54, 1.807) is 19.2 Å². The number of anilines is 1. The molecule has 32 heavy (non-hydrogen) atoms. The molecule has 4 rings (SSSR count). The van der Waals surface area contributed by atoms with Gasteiger partial charge in [-0.2, -0.15) is 5.10 Å². The van der Waals surface area contributed by atoms with E-state index in [0.29, 0.717) is 6.42 Å². The topological polar surface area (TPSA) is 54.4 Å². The minimum Gasteiger partial charge on any atom is -0.496 e. The lowest BCUT2D eigenvalue weighted by atomic mass is 9.97. The van der Waals surface area contributed by atoms with Crippen LogP contribution in [0.15, 0.2) is 84.0 Å². The number of amides is 1. The quantitative estimate of drug-likeness (QED) is 0.554. The largest absolute Gasteiger partial charge is 0.496 e. The predicted octanol–water partition coefficient (Wildman–Crippen LogP) is 4.52. The normalized spacial score (nSPS) is 15.3. The Hall–Kier alpha value is -3.80. The number of hydrogen-bond acceptors (Lipinski definition) is 5. The van der Waals surface area contributed by atoms with Gasteiger partial charge in [0.1, 0.15) is 11.5 Å². The van der Waals surface area contributed by atoms with Gasteiger partial charge in [-0.15, -0.1) is 0 Å². The molecule has 1 atom stereocenters. The van der Waals surface area contributed by atoms with Gasteiger partial charge in [-0.05, 0) is 30.3 Å². The number of methoxy groups -OCH3 is 2. The Kier molecular flexibility index (Phi) is 6.40. The third kappa shape index (κ3) is 4.30. The first-order valence-electron chi connectivity index (χ1n) is 10.5. The fraction of sp³-hybridized carbons (Fsp3) is 0.231. The Balaban J connectivity index is 1.68. The van der Waals surface area contributed by atoms with Crippen LogP contribution in [0.5, 0.6) is 11.5 Å². The van der Waals surface area contributed by atoms with E-state index in [4.69, 9.17) is 14.6 Å². The van der Waals surface area contributed by atoms with Gasteiger partial charge in [-0.25, -0.2) is 5.01 Å². The summed E-state index contributed by atoms with van der Waals surface area (Å²) in [6.07, 6.45) is 0.571. The number of hydrogen-bond donors (Lipinski definition) is 0. The average molecular weight is 430 g/mol. The highest BCUT2D eigenvalue weighted by Crippen LogP contribution is 2.38. The number of carbonyl (C=O) groups is 1. The van der Waals surface area contributed by atoms with Crippen LogP contribution in [0.3, 0.4) is 0 Å². The van der Waals surface area contributed by atoms with Crippen LogP contribution in [-0.4, -0.2) is 44.4 Å². The van der Waals surface area contributed by atoms with Crippen LogP contribution in [0.25, 0.3) is 0 Å². The lowest BCUT2D eigenvalue weighted by molar-refractivity contribution is -0.131. The fourth-order valence-electron chi connectivity index (χ4n) is 4.02. The zero-order valence-electron chi connectivity index (χ0n) is 18.6. The summed E-state index contributed by atoms with van der Waals surface area (Å²) >= 11 is 0. The predicted molar refractivity (Wildman–Crippen MR) is 126 cm³/mol. The van der Waals surface area contributed by atoms with E-state index in [1.165, 1.54) is 0 Å². The molecule has 1 amide bonds. The molecule has 0 spiro atoms. The molecular formula is C26H27N3O3. The Bertz CT molecular complexity index is 1110. The summed E-state index contributed by atoms with van der Waals surface area (Å²) < 4.78 is 11.1. The summed E-state index contributed by atoms with van der Waals surface area (Å²) in [6.45, 7) is 0.207. The van der Waals surface area contributed by atoms with Gasteiger partial charge in [0.15, 0.2) is 0 Å². The molecule has 0 bridgehead atoms. The van der Waals surface area contributed by atoms with E-state index in [-0.39, 0.29) is 18.5 Å². The third-order valence-electron chi connectivity index (χ3n) is 5.65. The van der Waals surface area contributed by atoms with Crippen LogP contribution in [0.4, 0.5) is 5.69 Å². The first-order valence-corrected chi connectivity index (χ1v) is 10.5. The highest BCUT2D eigenvalue weighted by atomic mass is 16.5. The molecule has 1 unspecified atom stereocenters. The van der Waals surface area contributed by atoms with Crippen molar-refractivity contribution in [3.63, 3.8) is 0 Å². The van der Waals surface area contributed by atoms with Crippen molar-refractivity contribution in [2.45, 2.75) is 12.5 Å². The van der Waals surface area contributed by atoms with E-state index < -0.39 is 0 Å². The number of rotatable bonds is 7. The van der Waals surface area contributed by atoms with Crippen LogP contribution in [0.1, 0.15) is 23.6 Å². The lowest BCUT2D eigenvalue weighted by Crippen LogP contribution is -2.36. The van der Waals surface area contributed by atoms with Gasteiger partial charge in [0.05, 0.1) is 32.5 Å². The van der Waals surface area contributed by atoms with E-state index in [2.05, 4.69) is 0 Å². The SMILES string of the molecule is COc1ccccc1C1=NN(C(=O)CN(C)c2ccccc2)C(c2ccccc2OC)C1. The minimum absolute atomic E-state index is 0.0860.